The summed E-state index contributed by atoms with van der Waals surface area (Å²) in [6, 6.07) is 8.66. The molecule has 1 aromatic carbocycles. The van der Waals surface area contributed by atoms with Gasteiger partial charge in [-0.15, -0.1) is 0 Å². The molecule has 1 aromatic rings. The Hall–Kier alpha value is -1.02. The maximum atomic E-state index is 5.81. The van der Waals surface area contributed by atoms with Crippen LogP contribution >= 0.6 is 0 Å². The van der Waals surface area contributed by atoms with Gasteiger partial charge in [0, 0.05) is 11.7 Å². The normalized spacial score (nSPS) is 13.5. The van der Waals surface area contributed by atoms with Gasteiger partial charge in [-0.1, -0.05) is 26.0 Å². The number of anilines is 1. The summed E-state index contributed by atoms with van der Waals surface area (Å²) in [5.41, 5.74) is 7.97. The zero-order chi connectivity index (χ0) is 11.4. The van der Waals surface area contributed by atoms with Crippen LogP contribution in [0.2, 0.25) is 0 Å². The lowest BCUT2D eigenvalue weighted by Gasteiger charge is -2.26. The molecule has 2 N–H and O–H groups in total. The molecule has 0 aliphatic rings. The molecule has 0 aliphatic heterocycles. The first-order chi connectivity index (χ1) is 7.00. The standard InChI is InChI=1S/C13H22N2/c1-10(2)8-13(15(3)4)11-6-5-7-12(14)9-11/h5-7,9-10,13H,8,14H2,1-4H3. The molecule has 84 valence electrons. The zero-order valence-electron chi connectivity index (χ0n) is 10.2. The van der Waals surface area contributed by atoms with Gasteiger partial charge in [0.15, 0.2) is 0 Å². The molecule has 0 aromatic heterocycles. The van der Waals surface area contributed by atoms with Crippen LogP contribution in [0, 0.1) is 5.92 Å². The smallest absolute Gasteiger partial charge is 0.0345 e. The first-order valence-corrected chi connectivity index (χ1v) is 5.52. The van der Waals surface area contributed by atoms with Crippen LogP contribution in [0.25, 0.3) is 0 Å². The van der Waals surface area contributed by atoms with Crippen molar-refractivity contribution in [2.75, 3.05) is 19.8 Å². The predicted molar refractivity (Wildman–Crippen MR) is 66.7 cm³/mol. The average molecular weight is 206 g/mol. The number of hydrogen-bond donors (Lipinski definition) is 1. The molecule has 0 bridgehead atoms. The van der Waals surface area contributed by atoms with Crippen molar-refractivity contribution in [2.24, 2.45) is 5.92 Å². The molecule has 1 atom stereocenters. The number of hydrogen-bond acceptors (Lipinski definition) is 2. The van der Waals surface area contributed by atoms with E-state index in [1.807, 2.05) is 12.1 Å². The Morgan fingerprint density at radius 3 is 2.40 bits per heavy atom. The van der Waals surface area contributed by atoms with Crippen molar-refractivity contribution in [2.45, 2.75) is 26.3 Å². The minimum atomic E-state index is 0.466. The van der Waals surface area contributed by atoms with Crippen LogP contribution < -0.4 is 5.73 Å². The van der Waals surface area contributed by atoms with Crippen molar-refractivity contribution in [1.29, 1.82) is 0 Å². The molecule has 0 fully saturated rings. The zero-order valence-corrected chi connectivity index (χ0v) is 10.2. The molecule has 0 saturated heterocycles. The highest BCUT2D eigenvalue weighted by molar-refractivity contribution is 5.41. The van der Waals surface area contributed by atoms with Gasteiger partial charge in [-0.2, -0.15) is 0 Å². The molecule has 0 saturated carbocycles. The maximum Gasteiger partial charge on any atom is 0.0345 e. The van der Waals surface area contributed by atoms with E-state index in [1.54, 1.807) is 0 Å². The van der Waals surface area contributed by atoms with Gasteiger partial charge in [0.2, 0.25) is 0 Å². The lowest BCUT2D eigenvalue weighted by molar-refractivity contribution is 0.259. The van der Waals surface area contributed by atoms with Gasteiger partial charge >= 0.3 is 0 Å². The Bertz CT molecular complexity index is 305. The highest BCUT2D eigenvalue weighted by Crippen LogP contribution is 2.26. The Morgan fingerprint density at radius 1 is 1.27 bits per heavy atom. The second-order valence-electron chi connectivity index (χ2n) is 4.78. The fourth-order valence-corrected chi connectivity index (χ4v) is 1.86. The Morgan fingerprint density at radius 2 is 1.93 bits per heavy atom. The van der Waals surface area contributed by atoms with Crippen molar-refractivity contribution >= 4 is 5.69 Å². The van der Waals surface area contributed by atoms with Gasteiger partial charge < -0.3 is 10.6 Å². The van der Waals surface area contributed by atoms with Gasteiger partial charge in [0.1, 0.15) is 0 Å². The minimum Gasteiger partial charge on any atom is -0.399 e. The molecule has 15 heavy (non-hydrogen) atoms. The third-order valence-corrected chi connectivity index (χ3v) is 2.61. The monoisotopic (exact) mass is 206 g/mol. The molecule has 0 radical (unpaired) electrons. The molecule has 2 heteroatoms. The third kappa shape index (κ3) is 3.56. The van der Waals surface area contributed by atoms with Crippen LogP contribution in [0.4, 0.5) is 5.69 Å². The maximum absolute atomic E-state index is 5.81. The van der Waals surface area contributed by atoms with E-state index in [2.05, 4.69) is 45.0 Å². The van der Waals surface area contributed by atoms with E-state index in [0.717, 1.165) is 12.1 Å². The van der Waals surface area contributed by atoms with Crippen LogP contribution in [0.15, 0.2) is 24.3 Å². The van der Waals surface area contributed by atoms with E-state index < -0.39 is 0 Å². The van der Waals surface area contributed by atoms with Gasteiger partial charge in [-0.25, -0.2) is 0 Å². The van der Waals surface area contributed by atoms with Crippen molar-refractivity contribution in [3.05, 3.63) is 29.8 Å². The fourth-order valence-electron chi connectivity index (χ4n) is 1.86. The summed E-state index contributed by atoms with van der Waals surface area (Å²) in [5, 5.41) is 0. The van der Waals surface area contributed by atoms with E-state index in [9.17, 15) is 0 Å². The highest BCUT2D eigenvalue weighted by atomic mass is 15.1. The van der Waals surface area contributed by atoms with Crippen molar-refractivity contribution in [3.8, 4) is 0 Å². The van der Waals surface area contributed by atoms with Gasteiger partial charge in [0.05, 0.1) is 0 Å². The second kappa shape index (κ2) is 5.17. The number of nitrogens with zero attached hydrogens (tertiary/aromatic N) is 1. The lowest BCUT2D eigenvalue weighted by atomic mass is 9.96. The molecule has 0 heterocycles. The van der Waals surface area contributed by atoms with Crippen LogP contribution in [0.5, 0.6) is 0 Å². The summed E-state index contributed by atoms with van der Waals surface area (Å²) >= 11 is 0. The molecular formula is C13H22N2. The minimum absolute atomic E-state index is 0.466. The van der Waals surface area contributed by atoms with E-state index >= 15 is 0 Å². The van der Waals surface area contributed by atoms with Gasteiger partial charge in [-0.05, 0) is 44.1 Å². The van der Waals surface area contributed by atoms with Crippen molar-refractivity contribution < 1.29 is 0 Å². The predicted octanol–water partition coefficient (Wildman–Crippen LogP) is 2.92. The molecule has 0 spiro atoms. The number of nitrogens with two attached hydrogens (primary N) is 1. The SMILES string of the molecule is CC(C)CC(c1cccc(N)c1)N(C)C. The first-order valence-electron chi connectivity index (χ1n) is 5.52. The summed E-state index contributed by atoms with van der Waals surface area (Å²) in [5.74, 6) is 0.693. The molecule has 0 aliphatic carbocycles. The fraction of sp³-hybridized carbons (Fsp3) is 0.538. The number of benzene rings is 1. The van der Waals surface area contributed by atoms with Crippen molar-refractivity contribution in [3.63, 3.8) is 0 Å². The summed E-state index contributed by atoms with van der Waals surface area (Å²) in [6.45, 7) is 4.51. The Labute approximate surface area is 93.1 Å². The van der Waals surface area contributed by atoms with Gasteiger partial charge in [-0.3, -0.25) is 0 Å². The van der Waals surface area contributed by atoms with Gasteiger partial charge in [0.25, 0.3) is 0 Å². The molecule has 0 amide bonds. The summed E-state index contributed by atoms with van der Waals surface area (Å²) in [7, 11) is 4.24. The summed E-state index contributed by atoms with van der Waals surface area (Å²) < 4.78 is 0. The van der Waals surface area contributed by atoms with E-state index in [-0.39, 0.29) is 0 Å². The number of nitrogen functional groups attached to an aromatic ring is 1. The Balaban J connectivity index is 2.88. The van der Waals surface area contributed by atoms with E-state index in [4.69, 9.17) is 5.73 Å². The van der Waals surface area contributed by atoms with E-state index in [1.165, 1.54) is 5.56 Å². The summed E-state index contributed by atoms with van der Waals surface area (Å²) in [4.78, 5) is 2.26. The van der Waals surface area contributed by atoms with Crippen LogP contribution in [-0.4, -0.2) is 19.0 Å². The molecule has 1 rings (SSSR count). The largest absolute Gasteiger partial charge is 0.399 e. The second-order valence-corrected chi connectivity index (χ2v) is 4.78. The summed E-state index contributed by atoms with van der Waals surface area (Å²) in [6.07, 6.45) is 1.16. The first kappa shape index (κ1) is 12.1. The quantitative estimate of drug-likeness (QED) is 0.767. The highest BCUT2D eigenvalue weighted by Gasteiger charge is 2.15. The van der Waals surface area contributed by atoms with Crippen LogP contribution in [0.1, 0.15) is 31.9 Å². The van der Waals surface area contributed by atoms with Crippen LogP contribution in [-0.2, 0) is 0 Å². The molecular weight excluding hydrogens is 184 g/mol. The average Bonchev–Trinajstić information content (AvgIpc) is 2.13. The van der Waals surface area contributed by atoms with E-state index in [0.29, 0.717) is 12.0 Å². The Kier molecular flexibility index (Phi) is 4.15. The van der Waals surface area contributed by atoms with Crippen molar-refractivity contribution in [1.82, 2.24) is 4.90 Å². The number of rotatable bonds is 4. The third-order valence-electron chi connectivity index (χ3n) is 2.61. The molecule has 2 nitrogen and oxygen atoms in total. The molecule has 1 unspecified atom stereocenters. The lowest BCUT2D eigenvalue weighted by Crippen LogP contribution is -2.21. The topological polar surface area (TPSA) is 29.3 Å². The van der Waals surface area contributed by atoms with Crippen LogP contribution in [0.3, 0.4) is 0 Å².